The van der Waals surface area contributed by atoms with Crippen molar-refractivity contribution in [3.63, 3.8) is 0 Å². The lowest BCUT2D eigenvalue weighted by Crippen LogP contribution is -2.44. The van der Waals surface area contributed by atoms with E-state index in [0.29, 0.717) is 6.54 Å². The third kappa shape index (κ3) is 2.42. The van der Waals surface area contributed by atoms with Gasteiger partial charge in [-0.05, 0) is 13.0 Å². The Labute approximate surface area is 67.2 Å². The first-order valence-electron chi connectivity index (χ1n) is 3.26. The number of aliphatic hydroxyl groups is 1. The van der Waals surface area contributed by atoms with Crippen molar-refractivity contribution in [3.05, 3.63) is 0 Å². The van der Waals surface area contributed by atoms with Crippen molar-refractivity contribution in [2.45, 2.75) is 18.6 Å². The molecule has 0 amide bonds. The summed E-state index contributed by atoms with van der Waals surface area (Å²) in [6.45, 7) is 1.62. The molecule has 0 unspecified atom stereocenters. The first-order valence-corrected chi connectivity index (χ1v) is 3.26. The van der Waals surface area contributed by atoms with Crippen molar-refractivity contribution in [1.82, 2.24) is 5.32 Å². The van der Waals surface area contributed by atoms with Crippen LogP contribution in [-0.4, -0.2) is 37.5 Å². The van der Waals surface area contributed by atoms with Crippen molar-refractivity contribution in [3.8, 4) is 0 Å². The number of rotatable bonds is 1. The van der Waals surface area contributed by atoms with Gasteiger partial charge in [-0.2, -0.15) is 0 Å². The van der Waals surface area contributed by atoms with Gasteiger partial charge in [0, 0.05) is 13.7 Å². The Balaban J connectivity index is 0.000000810. The second-order valence-corrected chi connectivity index (χ2v) is 2.33. The molecule has 1 aliphatic heterocycles. The molecular weight excluding hydrogens is 154 g/mol. The van der Waals surface area contributed by atoms with E-state index in [1.807, 2.05) is 0 Å². The largest absolute Gasteiger partial charge is 0.389 e. The van der Waals surface area contributed by atoms with E-state index in [-0.39, 0.29) is 24.6 Å². The summed E-state index contributed by atoms with van der Waals surface area (Å²) in [6, 6.07) is 0. The molecule has 1 saturated heterocycles. The van der Waals surface area contributed by atoms with Gasteiger partial charge in [-0.15, -0.1) is 12.4 Å². The Kier molecular flexibility index (Phi) is 4.99. The lowest BCUT2D eigenvalue weighted by atomic mass is 10.1. The summed E-state index contributed by atoms with van der Waals surface area (Å²) in [5.41, 5.74) is 0. The first-order chi connectivity index (χ1) is 4.34. The molecule has 1 rings (SSSR count). The molecule has 0 aromatic carbocycles. The second kappa shape index (κ2) is 4.91. The van der Waals surface area contributed by atoms with Gasteiger partial charge in [0.25, 0.3) is 0 Å². The fourth-order valence-corrected chi connectivity index (χ4v) is 1.09. The van der Waals surface area contributed by atoms with Crippen LogP contribution < -0.4 is 5.32 Å². The zero-order valence-corrected chi connectivity index (χ0v) is 6.86. The van der Waals surface area contributed by atoms with Gasteiger partial charge < -0.3 is 15.2 Å². The molecule has 0 radical (unpaired) electrons. The number of ether oxygens (including phenoxy) is 1. The molecule has 62 valence electrons. The second-order valence-electron chi connectivity index (χ2n) is 2.33. The molecule has 0 aliphatic carbocycles. The van der Waals surface area contributed by atoms with Gasteiger partial charge in [0.2, 0.25) is 0 Å². The van der Waals surface area contributed by atoms with E-state index in [9.17, 15) is 5.11 Å². The summed E-state index contributed by atoms with van der Waals surface area (Å²) < 4.78 is 5.01. The van der Waals surface area contributed by atoms with Crippen molar-refractivity contribution < 1.29 is 9.84 Å². The van der Waals surface area contributed by atoms with E-state index in [2.05, 4.69) is 5.32 Å². The van der Waals surface area contributed by atoms with Crippen LogP contribution >= 0.6 is 12.4 Å². The molecule has 1 fully saturated rings. The van der Waals surface area contributed by atoms with Crippen molar-refractivity contribution in [2.75, 3.05) is 20.2 Å². The van der Waals surface area contributed by atoms with Gasteiger partial charge in [0.1, 0.15) is 0 Å². The van der Waals surface area contributed by atoms with Crippen LogP contribution in [0, 0.1) is 0 Å². The van der Waals surface area contributed by atoms with Crippen molar-refractivity contribution in [1.29, 1.82) is 0 Å². The highest BCUT2D eigenvalue weighted by atomic mass is 35.5. The zero-order valence-electron chi connectivity index (χ0n) is 6.04. The highest BCUT2D eigenvalue weighted by Gasteiger charge is 2.21. The molecule has 10 heavy (non-hydrogen) atoms. The molecule has 0 aromatic heterocycles. The van der Waals surface area contributed by atoms with Crippen LogP contribution in [0.4, 0.5) is 0 Å². The minimum Gasteiger partial charge on any atom is -0.389 e. The summed E-state index contributed by atoms with van der Waals surface area (Å²) in [5.74, 6) is 0. The van der Waals surface area contributed by atoms with Gasteiger partial charge in [-0.25, -0.2) is 0 Å². The molecule has 2 N–H and O–H groups in total. The Bertz CT molecular complexity index is 91.8. The molecule has 1 aliphatic rings. The Hall–Kier alpha value is 0.170. The summed E-state index contributed by atoms with van der Waals surface area (Å²) in [4.78, 5) is 0. The molecule has 0 spiro atoms. The third-order valence-corrected chi connectivity index (χ3v) is 1.69. The number of piperidine rings is 1. The molecule has 0 bridgehead atoms. The van der Waals surface area contributed by atoms with Crippen LogP contribution in [0.15, 0.2) is 0 Å². The monoisotopic (exact) mass is 167 g/mol. The fourth-order valence-electron chi connectivity index (χ4n) is 1.09. The van der Waals surface area contributed by atoms with Crippen LogP contribution in [0.5, 0.6) is 0 Å². The van der Waals surface area contributed by atoms with Crippen LogP contribution in [0.3, 0.4) is 0 Å². The predicted octanol–water partition coefficient (Wildman–Crippen LogP) is -0.223. The van der Waals surface area contributed by atoms with E-state index >= 15 is 0 Å². The maximum absolute atomic E-state index is 9.18. The lowest BCUT2D eigenvalue weighted by Gasteiger charge is -2.26. The van der Waals surface area contributed by atoms with Gasteiger partial charge in [0.15, 0.2) is 0 Å². The van der Waals surface area contributed by atoms with Gasteiger partial charge >= 0.3 is 0 Å². The summed E-state index contributed by atoms with van der Waals surface area (Å²) in [7, 11) is 1.64. The van der Waals surface area contributed by atoms with E-state index in [1.165, 1.54) is 0 Å². The molecule has 0 saturated carbocycles. The van der Waals surface area contributed by atoms with Crippen molar-refractivity contribution in [2.24, 2.45) is 0 Å². The summed E-state index contributed by atoms with van der Waals surface area (Å²) >= 11 is 0. The average molecular weight is 168 g/mol. The van der Waals surface area contributed by atoms with E-state index in [0.717, 1.165) is 13.0 Å². The number of hydrogen-bond acceptors (Lipinski definition) is 3. The van der Waals surface area contributed by atoms with Gasteiger partial charge in [-0.1, -0.05) is 0 Å². The molecule has 1 heterocycles. The normalized spacial score (nSPS) is 33.0. The SMILES string of the molecule is CO[C@@H]1CCNC[C@@H]1O.Cl. The minimum atomic E-state index is -0.316. The number of halogens is 1. The number of β-amino-alcohol motifs (C(OH)–C–C–N with tert-alkyl or cyclic N) is 1. The average Bonchev–Trinajstić information content (AvgIpc) is 1.89. The van der Waals surface area contributed by atoms with Crippen LogP contribution in [0.25, 0.3) is 0 Å². The summed E-state index contributed by atoms with van der Waals surface area (Å²) in [5, 5.41) is 12.3. The number of methoxy groups -OCH3 is 1. The quantitative estimate of drug-likeness (QED) is 0.568. The number of nitrogens with one attached hydrogen (secondary N) is 1. The topological polar surface area (TPSA) is 41.5 Å². The molecular formula is C6H14ClNO2. The standard InChI is InChI=1S/C6H13NO2.ClH/c1-9-6-2-3-7-4-5(6)8;/h5-8H,2-4H2,1H3;1H/t5-,6+;/m0./s1. The van der Waals surface area contributed by atoms with E-state index in [1.54, 1.807) is 7.11 Å². The zero-order chi connectivity index (χ0) is 6.69. The predicted molar refractivity (Wildman–Crippen MR) is 41.5 cm³/mol. The maximum Gasteiger partial charge on any atom is 0.0926 e. The van der Waals surface area contributed by atoms with Crippen LogP contribution in [0.1, 0.15) is 6.42 Å². The first kappa shape index (κ1) is 10.2. The smallest absolute Gasteiger partial charge is 0.0926 e. The Morgan fingerprint density at radius 3 is 2.70 bits per heavy atom. The number of aliphatic hydroxyl groups excluding tert-OH is 1. The van der Waals surface area contributed by atoms with Crippen molar-refractivity contribution >= 4 is 12.4 Å². The third-order valence-electron chi connectivity index (χ3n) is 1.69. The molecule has 4 heteroatoms. The van der Waals surface area contributed by atoms with Gasteiger partial charge in [-0.3, -0.25) is 0 Å². The Morgan fingerprint density at radius 2 is 2.30 bits per heavy atom. The van der Waals surface area contributed by atoms with Gasteiger partial charge in [0.05, 0.1) is 12.2 Å². The summed E-state index contributed by atoms with van der Waals surface area (Å²) in [6.07, 6.45) is 0.646. The molecule has 0 aromatic rings. The molecule has 3 nitrogen and oxygen atoms in total. The minimum absolute atomic E-state index is 0. The fraction of sp³-hybridized carbons (Fsp3) is 1.00. The Morgan fingerprint density at radius 1 is 1.60 bits per heavy atom. The maximum atomic E-state index is 9.18. The molecule has 2 atom stereocenters. The van der Waals surface area contributed by atoms with Crippen LogP contribution in [-0.2, 0) is 4.74 Å². The highest BCUT2D eigenvalue weighted by Crippen LogP contribution is 2.05. The van der Waals surface area contributed by atoms with E-state index < -0.39 is 0 Å². The lowest BCUT2D eigenvalue weighted by molar-refractivity contribution is -0.0280. The number of hydrogen-bond donors (Lipinski definition) is 2. The van der Waals surface area contributed by atoms with E-state index in [4.69, 9.17) is 4.74 Å². The van der Waals surface area contributed by atoms with Crippen LogP contribution in [0.2, 0.25) is 0 Å². The highest BCUT2D eigenvalue weighted by molar-refractivity contribution is 5.85.